The highest BCUT2D eigenvalue weighted by Gasteiger charge is 2.45. The maximum atomic E-state index is 12.5. The average molecular weight is 279 g/mol. The summed E-state index contributed by atoms with van der Waals surface area (Å²) in [7, 11) is 0. The molecule has 2 atom stereocenters. The van der Waals surface area contributed by atoms with Crippen LogP contribution in [0, 0.1) is 5.92 Å². The number of likely N-dealkylation sites (tertiary alicyclic amines) is 1. The maximum absolute atomic E-state index is 12.5. The summed E-state index contributed by atoms with van der Waals surface area (Å²) in [6, 6.07) is -0.366. The zero-order chi connectivity index (χ0) is 14.4. The van der Waals surface area contributed by atoms with Crippen molar-refractivity contribution in [2.45, 2.75) is 38.3 Å². The minimum Gasteiger partial charge on any atom is -0.339 e. The molecule has 0 spiro atoms. The summed E-state index contributed by atoms with van der Waals surface area (Å²) >= 11 is 0. The largest absolute Gasteiger partial charge is 0.339 e. The molecule has 0 aromatic rings. The monoisotopic (exact) mass is 279 g/mol. The number of hydrogen-bond acceptors (Lipinski definition) is 4. The van der Waals surface area contributed by atoms with Gasteiger partial charge in [0.05, 0.1) is 5.92 Å². The van der Waals surface area contributed by atoms with Crippen LogP contribution in [0.15, 0.2) is 0 Å². The van der Waals surface area contributed by atoms with Crippen molar-refractivity contribution in [2.24, 2.45) is 5.92 Å². The lowest BCUT2D eigenvalue weighted by atomic mass is 10.0. The smallest absolute Gasteiger partial charge is 0.249 e. The van der Waals surface area contributed by atoms with Crippen LogP contribution in [0.5, 0.6) is 0 Å². The predicted molar refractivity (Wildman–Crippen MR) is 67.2 cm³/mol. The molecule has 2 heterocycles. The van der Waals surface area contributed by atoms with E-state index in [0.29, 0.717) is 12.6 Å². The van der Waals surface area contributed by atoms with E-state index in [2.05, 4.69) is 5.32 Å². The van der Waals surface area contributed by atoms with Gasteiger partial charge in [0.1, 0.15) is 12.6 Å². The van der Waals surface area contributed by atoms with E-state index in [1.807, 2.05) is 0 Å². The summed E-state index contributed by atoms with van der Waals surface area (Å²) in [5, 5.41) is 2.20. The van der Waals surface area contributed by atoms with Crippen LogP contribution in [-0.4, -0.2) is 58.6 Å². The maximum Gasteiger partial charge on any atom is 0.249 e. The first-order chi connectivity index (χ1) is 9.47. The highest BCUT2D eigenvalue weighted by atomic mass is 16.2. The van der Waals surface area contributed by atoms with Crippen molar-refractivity contribution < 1.29 is 19.2 Å². The molecule has 7 heteroatoms. The molecular weight excluding hydrogens is 262 g/mol. The Hall–Kier alpha value is -1.92. The van der Waals surface area contributed by atoms with Crippen LogP contribution in [0.2, 0.25) is 0 Å². The van der Waals surface area contributed by atoms with Gasteiger partial charge in [-0.05, 0) is 19.8 Å². The normalized spacial score (nSPS) is 30.8. The Kier molecular flexibility index (Phi) is 2.99. The molecule has 3 aliphatic rings. The Bertz CT molecular complexity index is 500. The Labute approximate surface area is 116 Å². The van der Waals surface area contributed by atoms with E-state index in [0.717, 1.165) is 12.8 Å². The molecule has 7 nitrogen and oxygen atoms in total. The van der Waals surface area contributed by atoms with Crippen molar-refractivity contribution in [2.75, 3.05) is 13.1 Å². The van der Waals surface area contributed by atoms with Crippen LogP contribution in [-0.2, 0) is 19.2 Å². The fraction of sp³-hybridized carbons (Fsp3) is 0.692. The minimum atomic E-state index is -0.662. The number of amides is 4. The topological polar surface area (TPSA) is 86.8 Å². The van der Waals surface area contributed by atoms with E-state index in [1.165, 1.54) is 4.90 Å². The predicted octanol–water partition coefficient (Wildman–Crippen LogP) is -1.13. The lowest BCUT2D eigenvalue weighted by molar-refractivity contribution is -0.151. The third-order valence-corrected chi connectivity index (χ3v) is 4.20. The number of imide groups is 1. The molecule has 2 unspecified atom stereocenters. The fourth-order valence-electron chi connectivity index (χ4n) is 2.85. The summed E-state index contributed by atoms with van der Waals surface area (Å²) in [4.78, 5) is 50.3. The quantitative estimate of drug-likeness (QED) is 0.648. The molecule has 2 saturated heterocycles. The van der Waals surface area contributed by atoms with Gasteiger partial charge in [0.2, 0.25) is 23.6 Å². The first-order valence-electron chi connectivity index (χ1n) is 6.91. The van der Waals surface area contributed by atoms with Crippen LogP contribution in [0.4, 0.5) is 0 Å². The van der Waals surface area contributed by atoms with Crippen LogP contribution < -0.4 is 5.32 Å². The Morgan fingerprint density at radius 2 is 1.95 bits per heavy atom. The summed E-state index contributed by atoms with van der Waals surface area (Å²) in [6.45, 7) is 1.90. The van der Waals surface area contributed by atoms with E-state index >= 15 is 0 Å². The number of hydrogen-bond donors (Lipinski definition) is 1. The molecule has 108 valence electrons. The summed E-state index contributed by atoms with van der Waals surface area (Å²) in [6.07, 6.45) is 2.20. The van der Waals surface area contributed by atoms with Crippen LogP contribution in [0.1, 0.15) is 26.2 Å². The number of rotatable bonds is 2. The van der Waals surface area contributed by atoms with Crippen LogP contribution in [0.3, 0.4) is 0 Å². The molecule has 1 aliphatic carbocycles. The van der Waals surface area contributed by atoms with Gasteiger partial charge in [-0.25, -0.2) is 0 Å². The molecule has 4 amide bonds. The van der Waals surface area contributed by atoms with Gasteiger partial charge in [0.25, 0.3) is 0 Å². The molecule has 1 saturated carbocycles. The standard InChI is InChI=1S/C13H17N3O4/c1-7-12(19)14-10(17)6-15(7)13(20)8-4-11(18)16(5-8)9-2-3-9/h7-9H,2-6H2,1H3,(H,14,17,19). The van der Waals surface area contributed by atoms with Gasteiger partial charge in [-0.3, -0.25) is 24.5 Å². The number of carbonyl (C=O) groups excluding carboxylic acids is 4. The molecule has 0 aromatic heterocycles. The third kappa shape index (κ3) is 2.17. The number of carbonyl (C=O) groups is 4. The van der Waals surface area contributed by atoms with Gasteiger partial charge in [-0.15, -0.1) is 0 Å². The second kappa shape index (κ2) is 4.57. The fourth-order valence-corrected chi connectivity index (χ4v) is 2.85. The van der Waals surface area contributed by atoms with Crippen molar-refractivity contribution in [3.8, 4) is 0 Å². The summed E-state index contributed by atoms with van der Waals surface area (Å²) in [5.74, 6) is -1.62. The Morgan fingerprint density at radius 3 is 2.60 bits per heavy atom. The Balaban J connectivity index is 1.70. The molecule has 3 rings (SSSR count). The molecule has 1 N–H and O–H groups in total. The molecule has 0 radical (unpaired) electrons. The highest BCUT2D eigenvalue weighted by molar-refractivity contribution is 6.04. The molecule has 3 fully saturated rings. The minimum absolute atomic E-state index is 0.00582. The first kappa shape index (κ1) is 13.1. The van der Waals surface area contributed by atoms with Gasteiger partial charge in [0, 0.05) is 19.0 Å². The molecule has 20 heavy (non-hydrogen) atoms. The second-order valence-electron chi connectivity index (χ2n) is 5.73. The first-order valence-corrected chi connectivity index (χ1v) is 6.91. The van der Waals surface area contributed by atoms with E-state index in [1.54, 1.807) is 11.8 Å². The summed E-state index contributed by atoms with van der Waals surface area (Å²) in [5.41, 5.74) is 0. The lowest BCUT2D eigenvalue weighted by Crippen LogP contribution is -2.59. The van der Waals surface area contributed by atoms with Crippen LogP contribution >= 0.6 is 0 Å². The van der Waals surface area contributed by atoms with Gasteiger partial charge < -0.3 is 9.80 Å². The van der Waals surface area contributed by atoms with Crippen molar-refractivity contribution in [3.05, 3.63) is 0 Å². The van der Waals surface area contributed by atoms with Crippen molar-refractivity contribution in [3.63, 3.8) is 0 Å². The van der Waals surface area contributed by atoms with Crippen LogP contribution in [0.25, 0.3) is 0 Å². The molecular formula is C13H17N3O4. The van der Waals surface area contributed by atoms with E-state index < -0.39 is 23.8 Å². The Morgan fingerprint density at radius 1 is 1.25 bits per heavy atom. The van der Waals surface area contributed by atoms with Gasteiger partial charge in [0.15, 0.2) is 0 Å². The van der Waals surface area contributed by atoms with E-state index in [4.69, 9.17) is 0 Å². The van der Waals surface area contributed by atoms with E-state index in [9.17, 15) is 19.2 Å². The molecule has 0 bridgehead atoms. The number of nitrogens with one attached hydrogen (secondary N) is 1. The lowest BCUT2D eigenvalue weighted by Gasteiger charge is -2.33. The van der Waals surface area contributed by atoms with Crippen molar-refractivity contribution in [1.29, 1.82) is 0 Å². The molecule has 0 aromatic carbocycles. The highest BCUT2D eigenvalue weighted by Crippen LogP contribution is 2.33. The zero-order valence-electron chi connectivity index (χ0n) is 11.3. The van der Waals surface area contributed by atoms with Crippen molar-refractivity contribution >= 4 is 23.6 Å². The number of piperazine rings is 1. The summed E-state index contributed by atoms with van der Waals surface area (Å²) < 4.78 is 0. The second-order valence-corrected chi connectivity index (χ2v) is 5.73. The average Bonchev–Trinajstić information content (AvgIpc) is 3.16. The number of nitrogens with zero attached hydrogens (tertiary/aromatic N) is 2. The van der Waals surface area contributed by atoms with Gasteiger partial charge in [-0.1, -0.05) is 0 Å². The third-order valence-electron chi connectivity index (χ3n) is 4.20. The molecule has 2 aliphatic heterocycles. The SMILES string of the molecule is CC1C(=O)NC(=O)CN1C(=O)C1CC(=O)N(C2CC2)C1. The zero-order valence-corrected chi connectivity index (χ0v) is 11.3. The van der Waals surface area contributed by atoms with E-state index in [-0.39, 0.29) is 24.8 Å². The van der Waals surface area contributed by atoms with Gasteiger partial charge >= 0.3 is 0 Å². The van der Waals surface area contributed by atoms with Crippen molar-refractivity contribution in [1.82, 2.24) is 15.1 Å². The van der Waals surface area contributed by atoms with Gasteiger partial charge in [-0.2, -0.15) is 0 Å².